The van der Waals surface area contributed by atoms with Gasteiger partial charge in [-0.15, -0.1) is 0 Å². The Morgan fingerprint density at radius 3 is 2.24 bits per heavy atom. The molecule has 1 amide bonds. The first-order valence-corrected chi connectivity index (χ1v) is 11.8. The molecule has 1 fully saturated rings. The summed E-state index contributed by atoms with van der Waals surface area (Å²) in [7, 11) is 4.61. The fraction of sp³-hybridized carbons (Fsp3) is 0.241. The quantitative estimate of drug-likeness (QED) is 0.256. The van der Waals surface area contributed by atoms with Crippen LogP contribution in [0, 0.1) is 0 Å². The number of nitrogens with zero attached hydrogens (tertiary/aromatic N) is 1. The average Bonchev–Trinajstić information content (AvgIpc) is 3.18. The number of amides is 1. The number of ether oxygens (including phenoxy) is 4. The zero-order valence-electron chi connectivity index (χ0n) is 21.2. The highest BCUT2D eigenvalue weighted by atomic mass is 16.5. The molecule has 3 aromatic rings. The van der Waals surface area contributed by atoms with E-state index in [1.54, 1.807) is 80.9 Å². The zero-order valence-corrected chi connectivity index (χ0v) is 21.2. The Morgan fingerprint density at radius 2 is 1.59 bits per heavy atom. The Labute approximate surface area is 215 Å². The highest BCUT2D eigenvalue weighted by Gasteiger charge is 2.46. The van der Waals surface area contributed by atoms with Gasteiger partial charge in [-0.2, -0.15) is 0 Å². The normalized spacial score (nSPS) is 16.5. The van der Waals surface area contributed by atoms with Crippen LogP contribution in [0.4, 0.5) is 0 Å². The molecule has 1 aliphatic rings. The van der Waals surface area contributed by atoms with Crippen molar-refractivity contribution in [2.24, 2.45) is 0 Å². The van der Waals surface area contributed by atoms with Gasteiger partial charge < -0.3 is 29.0 Å². The maximum atomic E-state index is 13.3. The average molecular weight is 504 g/mol. The zero-order chi connectivity index (χ0) is 26.5. The van der Waals surface area contributed by atoms with Crippen LogP contribution >= 0.6 is 0 Å². The number of hydrogen-bond donors (Lipinski definition) is 1. The molecule has 0 spiro atoms. The molecule has 8 nitrogen and oxygen atoms in total. The van der Waals surface area contributed by atoms with Crippen molar-refractivity contribution in [1.29, 1.82) is 0 Å². The number of benzene rings is 3. The lowest BCUT2D eigenvalue weighted by molar-refractivity contribution is -0.140. The van der Waals surface area contributed by atoms with E-state index in [1.807, 2.05) is 6.92 Å². The van der Waals surface area contributed by atoms with Crippen molar-refractivity contribution in [2.75, 3.05) is 27.9 Å². The third-order valence-electron chi connectivity index (χ3n) is 6.19. The Morgan fingerprint density at radius 1 is 0.865 bits per heavy atom. The number of Topliss-reactive ketones (excluding diaryl/α,β-unsaturated/α-hetero) is 1. The number of carbonyl (C=O) groups is 2. The largest absolute Gasteiger partial charge is 0.507 e. The second-order valence-electron chi connectivity index (χ2n) is 8.35. The molecule has 192 valence electrons. The van der Waals surface area contributed by atoms with E-state index in [0.717, 1.165) is 5.56 Å². The predicted molar refractivity (Wildman–Crippen MR) is 138 cm³/mol. The van der Waals surface area contributed by atoms with E-state index < -0.39 is 17.7 Å². The van der Waals surface area contributed by atoms with Crippen LogP contribution in [-0.2, 0) is 16.1 Å². The third-order valence-corrected chi connectivity index (χ3v) is 6.19. The van der Waals surface area contributed by atoms with Crippen LogP contribution in [0.2, 0.25) is 0 Å². The lowest BCUT2D eigenvalue weighted by Gasteiger charge is -2.26. The maximum absolute atomic E-state index is 13.3. The van der Waals surface area contributed by atoms with E-state index in [4.69, 9.17) is 18.9 Å². The number of aliphatic hydroxyl groups is 1. The molecule has 0 aliphatic carbocycles. The summed E-state index contributed by atoms with van der Waals surface area (Å²) in [6.45, 7) is 2.48. The predicted octanol–water partition coefficient (Wildman–Crippen LogP) is 4.73. The van der Waals surface area contributed by atoms with Gasteiger partial charge in [0.05, 0.1) is 39.6 Å². The van der Waals surface area contributed by atoms with Crippen LogP contribution in [-0.4, -0.2) is 49.6 Å². The molecular weight excluding hydrogens is 474 g/mol. The summed E-state index contributed by atoms with van der Waals surface area (Å²) in [5, 5.41) is 11.3. The van der Waals surface area contributed by atoms with Gasteiger partial charge in [-0.3, -0.25) is 9.59 Å². The van der Waals surface area contributed by atoms with Gasteiger partial charge in [-0.1, -0.05) is 18.2 Å². The highest BCUT2D eigenvalue weighted by Crippen LogP contribution is 2.41. The van der Waals surface area contributed by atoms with Crippen molar-refractivity contribution in [3.8, 4) is 23.0 Å². The van der Waals surface area contributed by atoms with Crippen LogP contribution in [0.3, 0.4) is 0 Å². The minimum Gasteiger partial charge on any atom is -0.507 e. The molecule has 1 N–H and O–H groups in total. The molecular formula is C29H29NO7. The molecule has 8 heteroatoms. The number of likely N-dealkylation sites (tertiary alicyclic amines) is 1. The highest BCUT2D eigenvalue weighted by molar-refractivity contribution is 6.46. The van der Waals surface area contributed by atoms with Crippen molar-refractivity contribution < 1.29 is 33.6 Å². The molecule has 0 saturated carbocycles. The maximum Gasteiger partial charge on any atom is 0.295 e. The van der Waals surface area contributed by atoms with Gasteiger partial charge in [0.1, 0.15) is 17.3 Å². The first-order valence-electron chi connectivity index (χ1n) is 11.8. The van der Waals surface area contributed by atoms with Crippen LogP contribution in [0.5, 0.6) is 23.0 Å². The third kappa shape index (κ3) is 5.09. The summed E-state index contributed by atoms with van der Waals surface area (Å²) < 4.78 is 21.6. The summed E-state index contributed by atoms with van der Waals surface area (Å²) in [6, 6.07) is 18.3. The lowest BCUT2D eigenvalue weighted by Crippen LogP contribution is -2.29. The number of ketones is 1. The molecule has 0 bridgehead atoms. The molecule has 1 saturated heterocycles. The van der Waals surface area contributed by atoms with Gasteiger partial charge >= 0.3 is 0 Å². The van der Waals surface area contributed by atoms with E-state index >= 15 is 0 Å². The van der Waals surface area contributed by atoms with E-state index in [2.05, 4.69) is 0 Å². The molecule has 4 rings (SSSR count). The van der Waals surface area contributed by atoms with Gasteiger partial charge in [0.15, 0.2) is 11.5 Å². The molecule has 1 heterocycles. The molecule has 3 aromatic carbocycles. The lowest BCUT2D eigenvalue weighted by atomic mass is 9.95. The Kier molecular flexibility index (Phi) is 7.67. The van der Waals surface area contributed by atoms with Crippen LogP contribution in [0.25, 0.3) is 5.76 Å². The standard InChI is InChI=1S/C29H29NO7/c1-5-37-21-12-10-19(11-13-21)27(31)25-26(20-7-6-8-22(16-20)34-2)30(29(33)28(25)32)17-18-9-14-23(35-3)24(15-18)36-4/h6-16,26,31H,5,17H2,1-4H3/b27-25+. The molecule has 1 unspecified atom stereocenters. The molecule has 1 atom stereocenters. The monoisotopic (exact) mass is 503 g/mol. The SMILES string of the molecule is CCOc1ccc(/C(O)=C2\C(=O)C(=O)N(Cc3ccc(OC)c(OC)c3)C2c2cccc(OC)c2)cc1. The number of hydrogen-bond acceptors (Lipinski definition) is 7. The summed E-state index contributed by atoms with van der Waals surface area (Å²) in [6.07, 6.45) is 0. The van der Waals surface area contributed by atoms with E-state index in [0.29, 0.717) is 40.7 Å². The topological polar surface area (TPSA) is 94.5 Å². The molecule has 0 radical (unpaired) electrons. The van der Waals surface area contributed by atoms with Crippen LogP contribution in [0.15, 0.2) is 72.3 Å². The Hall–Kier alpha value is -4.46. The van der Waals surface area contributed by atoms with Crippen molar-refractivity contribution in [2.45, 2.75) is 19.5 Å². The summed E-state index contributed by atoms with van der Waals surface area (Å²) in [5.41, 5.74) is 1.77. The molecule has 1 aliphatic heterocycles. The first kappa shape index (κ1) is 25.6. The van der Waals surface area contributed by atoms with Crippen LogP contribution in [0.1, 0.15) is 29.7 Å². The van der Waals surface area contributed by atoms with Gasteiger partial charge in [0, 0.05) is 12.1 Å². The fourth-order valence-corrected chi connectivity index (χ4v) is 4.41. The fourth-order valence-electron chi connectivity index (χ4n) is 4.41. The number of rotatable bonds is 9. The Bertz CT molecular complexity index is 1330. The second kappa shape index (κ2) is 11.1. The van der Waals surface area contributed by atoms with Gasteiger partial charge in [-0.05, 0) is 66.6 Å². The first-order chi connectivity index (χ1) is 17.9. The number of carbonyl (C=O) groups excluding carboxylic acids is 2. The minimum absolute atomic E-state index is 0.00268. The summed E-state index contributed by atoms with van der Waals surface area (Å²) >= 11 is 0. The number of methoxy groups -OCH3 is 3. The molecule has 37 heavy (non-hydrogen) atoms. The van der Waals surface area contributed by atoms with E-state index in [-0.39, 0.29) is 17.9 Å². The second-order valence-corrected chi connectivity index (χ2v) is 8.35. The van der Waals surface area contributed by atoms with E-state index in [9.17, 15) is 14.7 Å². The van der Waals surface area contributed by atoms with Gasteiger partial charge in [-0.25, -0.2) is 0 Å². The Balaban J connectivity index is 1.82. The van der Waals surface area contributed by atoms with Crippen molar-refractivity contribution in [3.05, 3.63) is 89.0 Å². The van der Waals surface area contributed by atoms with Crippen molar-refractivity contribution >= 4 is 17.4 Å². The summed E-state index contributed by atoms with van der Waals surface area (Å²) in [4.78, 5) is 28.1. The minimum atomic E-state index is -0.838. The molecule has 0 aromatic heterocycles. The van der Waals surface area contributed by atoms with Crippen LogP contribution < -0.4 is 18.9 Å². The van der Waals surface area contributed by atoms with Crippen molar-refractivity contribution in [1.82, 2.24) is 4.90 Å². The van der Waals surface area contributed by atoms with E-state index in [1.165, 1.54) is 12.0 Å². The van der Waals surface area contributed by atoms with Crippen molar-refractivity contribution in [3.63, 3.8) is 0 Å². The summed E-state index contributed by atoms with van der Waals surface area (Å²) in [5.74, 6) is 0.517. The smallest absolute Gasteiger partial charge is 0.295 e. The van der Waals surface area contributed by atoms with Gasteiger partial charge in [0.2, 0.25) is 0 Å². The number of aliphatic hydroxyl groups excluding tert-OH is 1. The van der Waals surface area contributed by atoms with Gasteiger partial charge in [0.25, 0.3) is 11.7 Å².